The van der Waals surface area contributed by atoms with Gasteiger partial charge >= 0.3 is 12.1 Å². The van der Waals surface area contributed by atoms with Crippen molar-refractivity contribution in [3.63, 3.8) is 0 Å². The van der Waals surface area contributed by atoms with E-state index in [1.165, 1.54) is 37.4 Å². The second-order valence-corrected chi connectivity index (χ2v) is 3.88. The topological polar surface area (TPSA) is 91.6 Å². The fraction of sp³-hybridized carbons (Fsp3) is 0.231. The summed E-state index contributed by atoms with van der Waals surface area (Å²) in [7, 11) is 1.44. The summed E-state index contributed by atoms with van der Waals surface area (Å²) in [5.74, 6) is -1.98. The number of benzene rings is 1. The Morgan fingerprint density at radius 3 is 2.41 bits per heavy atom. The van der Waals surface area contributed by atoms with Gasteiger partial charge in [0, 0.05) is 5.69 Å². The third-order valence-electron chi connectivity index (χ3n) is 2.27. The van der Waals surface area contributed by atoms with Crippen LogP contribution in [0.4, 0.5) is 18.9 Å². The van der Waals surface area contributed by atoms with Gasteiger partial charge in [-0.25, -0.2) is 0 Å². The minimum Gasteiger partial charge on any atom is -0.497 e. The number of carbonyl (C=O) groups excluding carboxylic acids is 1. The van der Waals surface area contributed by atoms with Crippen molar-refractivity contribution < 1.29 is 32.5 Å². The van der Waals surface area contributed by atoms with Crippen LogP contribution in [0.2, 0.25) is 0 Å². The number of methoxy groups -OCH3 is 1. The highest BCUT2D eigenvalue weighted by Gasteiger charge is 2.30. The number of rotatable bonds is 5. The zero-order valence-corrected chi connectivity index (χ0v) is 11.3. The summed E-state index contributed by atoms with van der Waals surface area (Å²) in [5, 5.41) is 20.2. The van der Waals surface area contributed by atoms with E-state index in [0.29, 0.717) is 5.75 Å². The van der Waals surface area contributed by atoms with Gasteiger partial charge in [0.15, 0.2) is 12.2 Å². The van der Waals surface area contributed by atoms with Gasteiger partial charge in [-0.3, -0.25) is 4.79 Å². The lowest BCUT2D eigenvalue weighted by Gasteiger charge is -2.10. The van der Waals surface area contributed by atoms with Crippen LogP contribution in [0, 0.1) is 11.3 Å². The highest BCUT2D eigenvalue weighted by Crippen LogP contribution is 2.18. The summed E-state index contributed by atoms with van der Waals surface area (Å²) in [6, 6.07) is 7.21. The van der Waals surface area contributed by atoms with E-state index >= 15 is 0 Å². The van der Waals surface area contributed by atoms with E-state index < -0.39 is 30.2 Å². The summed E-state index contributed by atoms with van der Waals surface area (Å²) < 4.78 is 44.7. The molecule has 22 heavy (non-hydrogen) atoms. The molecule has 2 N–H and O–H groups in total. The van der Waals surface area contributed by atoms with E-state index in [-0.39, 0.29) is 5.69 Å². The molecular weight excluding hydrogens is 305 g/mol. The third kappa shape index (κ3) is 5.24. The van der Waals surface area contributed by atoms with E-state index in [1.807, 2.05) is 0 Å². The van der Waals surface area contributed by atoms with Crippen molar-refractivity contribution in [2.45, 2.75) is 6.18 Å². The molecule has 9 heteroatoms. The van der Waals surface area contributed by atoms with Gasteiger partial charge in [0.2, 0.25) is 0 Å². The summed E-state index contributed by atoms with van der Waals surface area (Å²) in [6.07, 6.45) is -4.71. The van der Waals surface area contributed by atoms with Crippen LogP contribution < -0.4 is 10.1 Å². The van der Waals surface area contributed by atoms with Crippen molar-refractivity contribution >= 4 is 11.6 Å². The largest absolute Gasteiger partial charge is 0.497 e. The molecule has 0 saturated heterocycles. The van der Waals surface area contributed by atoms with Crippen LogP contribution in [-0.4, -0.2) is 30.9 Å². The average Bonchev–Trinajstić information content (AvgIpc) is 2.46. The quantitative estimate of drug-likeness (QED) is 0.495. The number of anilines is 1. The number of ether oxygens (including phenoxy) is 2. The molecule has 0 saturated carbocycles. The predicted octanol–water partition coefficient (Wildman–Crippen LogP) is 2.51. The Balaban J connectivity index is 2.81. The van der Waals surface area contributed by atoms with Crippen LogP contribution in [0.5, 0.6) is 5.75 Å². The van der Waals surface area contributed by atoms with Gasteiger partial charge in [0.05, 0.1) is 7.11 Å². The molecule has 0 atom stereocenters. The minimum absolute atomic E-state index is 0.252. The van der Waals surface area contributed by atoms with E-state index in [2.05, 4.69) is 10.1 Å². The van der Waals surface area contributed by atoms with Gasteiger partial charge < -0.3 is 19.9 Å². The molecule has 0 fully saturated rings. The Bertz CT molecular complexity index is 603. The van der Waals surface area contributed by atoms with Crippen LogP contribution in [0.15, 0.2) is 35.8 Å². The molecule has 0 aliphatic heterocycles. The summed E-state index contributed by atoms with van der Waals surface area (Å²) in [5.41, 5.74) is -0.720. The second kappa shape index (κ2) is 7.21. The summed E-state index contributed by atoms with van der Waals surface area (Å²) in [4.78, 5) is 11.7. The SMILES string of the molecule is COc1ccc(NC(=O)/C(C#N)=C(\O)OCC(F)(F)F)cc1. The maximum Gasteiger partial charge on any atom is 0.422 e. The molecule has 1 aromatic rings. The molecule has 1 rings (SSSR count). The lowest BCUT2D eigenvalue weighted by atomic mass is 10.2. The van der Waals surface area contributed by atoms with Crippen molar-refractivity contribution in [2.24, 2.45) is 0 Å². The number of aliphatic hydroxyl groups excluding tert-OH is 1. The normalized spacial score (nSPS) is 12.0. The number of hydrogen-bond acceptors (Lipinski definition) is 5. The highest BCUT2D eigenvalue weighted by molar-refractivity contribution is 6.06. The first-order valence-corrected chi connectivity index (χ1v) is 5.75. The van der Waals surface area contributed by atoms with Crippen LogP contribution in [0.25, 0.3) is 0 Å². The molecule has 0 bridgehead atoms. The molecule has 0 heterocycles. The van der Waals surface area contributed by atoms with Crippen molar-refractivity contribution in [1.29, 1.82) is 5.26 Å². The molecule has 0 radical (unpaired) electrons. The van der Waals surface area contributed by atoms with Crippen LogP contribution in [-0.2, 0) is 9.53 Å². The van der Waals surface area contributed by atoms with Gasteiger partial charge in [0.1, 0.15) is 11.8 Å². The van der Waals surface area contributed by atoms with Gasteiger partial charge in [-0.15, -0.1) is 0 Å². The highest BCUT2D eigenvalue weighted by atomic mass is 19.4. The Hall–Kier alpha value is -2.89. The Labute approximate surface area is 123 Å². The first-order valence-electron chi connectivity index (χ1n) is 5.75. The predicted molar refractivity (Wildman–Crippen MR) is 68.9 cm³/mol. The molecule has 118 valence electrons. The number of nitrogens with zero attached hydrogens (tertiary/aromatic N) is 1. The number of nitrogens with one attached hydrogen (secondary N) is 1. The lowest BCUT2D eigenvalue weighted by Crippen LogP contribution is -2.20. The van der Waals surface area contributed by atoms with Gasteiger partial charge in [-0.2, -0.15) is 18.4 Å². The monoisotopic (exact) mass is 316 g/mol. The van der Waals surface area contributed by atoms with Crippen molar-refractivity contribution in [3.8, 4) is 11.8 Å². The zero-order chi connectivity index (χ0) is 16.8. The number of halogens is 3. The van der Waals surface area contributed by atoms with Gasteiger partial charge in [-0.05, 0) is 24.3 Å². The average molecular weight is 316 g/mol. The van der Waals surface area contributed by atoms with Gasteiger partial charge in [0.25, 0.3) is 5.91 Å². The number of carbonyl (C=O) groups is 1. The molecule has 0 unspecified atom stereocenters. The van der Waals surface area contributed by atoms with Crippen molar-refractivity contribution in [3.05, 3.63) is 35.8 Å². The fourth-order valence-corrected chi connectivity index (χ4v) is 1.29. The molecule has 1 aromatic carbocycles. The molecule has 0 aliphatic carbocycles. The van der Waals surface area contributed by atoms with E-state index in [4.69, 9.17) is 10.00 Å². The van der Waals surface area contributed by atoms with E-state index in [9.17, 15) is 23.1 Å². The maximum atomic E-state index is 11.9. The number of hydrogen-bond donors (Lipinski definition) is 2. The summed E-state index contributed by atoms with van der Waals surface area (Å²) in [6.45, 7) is -1.82. The lowest BCUT2D eigenvalue weighted by molar-refractivity contribution is -0.173. The standard InChI is InChI=1S/C13H11F3N2O4/c1-21-9-4-2-8(3-5-9)18-11(19)10(6-17)12(20)22-7-13(14,15)16/h2-5,20H,7H2,1H3,(H,18,19)/b12-10+. The number of nitriles is 1. The van der Waals surface area contributed by atoms with Crippen molar-refractivity contribution in [2.75, 3.05) is 19.0 Å². The van der Waals surface area contributed by atoms with E-state index in [1.54, 1.807) is 0 Å². The first kappa shape index (κ1) is 17.2. The van der Waals surface area contributed by atoms with Crippen molar-refractivity contribution in [1.82, 2.24) is 0 Å². The summed E-state index contributed by atoms with van der Waals surface area (Å²) >= 11 is 0. The zero-order valence-electron chi connectivity index (χ0n) is 11.3. The van der Waals surface area contributed by atoms with Crippen LogP contribution in [0.3, 0.4) is 0 Å². The fourth-order valence-electron chi connectivity index (χ4n) is 1.29. The minimum atomic E-state index is -4.71. The second-order valence-electron chi connectivity index (χ2n) is 3.88. The number of amides is 1. The van der Waals surface area contributed by atoms with Crippen LogP contribution >= 0.6 is 0 Å². The Morgan fingerprint density at radius 2 is 1.95 bits per heavy atom. The maximum absolute atomic E-state index is 11.9. The molecule has 1 amide bonds. The first-order chi connectivity index (χ1) is 10.3. The Kier molecular flexibility index (Phi) is 5.63. The Morgan fingerprint density at radius 1 is 1.36 bits per heavy atom. The third-order valence-corrected chi connectivity index (χ3v) is 2.27. The number of aliphatic hydroxyl groups is 1. The van der Waals surface area contributed by atoms with Gasteiger partial charge in [-0.1, -0.05) is 0 Å². The number of alkyl halides is 3. The molecule has 0 aliphatic rings. The molecular formula is C13H11F3N2O4. The molecule has 6 nitrogen and oxygen atoms in total. The van der Waals surface area contributed by atoms with E-state index in [0.717, 1.165) is 0 Å². The molecule has 0 spiro atoms. The molecule has 0 aromatic heterocycles. The van der Waals surface area contributed by atoms with Crippen LogP contribution in [0.1, 0.15) is 0 Å². The smallest absolute Gasteiger partial charge is 0.422 e.